The summed E-state index contributed by atoms with van der Waals surface area (Å²) in [5.74, 6) is 0. The third-order valence-electron chi connectivity index (χ3n) is 3.66. The summed E-state index contributed by atoms with van der Waals surface area (Å²) in [7, 11) is 4.02. The van der Waals surface area contributed by atoms with Gasteiger partial charge in [-0.2, -0.15) is 0 Å². The molecule has 0 fully saturated rings. The normalized spacial score (nSPS) is 10.3. The Kier molecular flexibility index (Phi) is 14.1. The summed E-state index contributed by atoms with van der Waals surface area (Å²) in [6.45, 7) is 10.8. The highest BCUT2D eigenvalue weighted by Gasteiger charge is 2.01. The van der Waals surface area contributed by atoms with Gasteiger partial charge in [-0.3, -0.25) is 4.98 Å². The van der Waals surface area contributed by atoms with Crippen LogP contribution in [0, 0.1) is 0 Å². The summed E-state index contributed by atoms with van der Waals surface area (Å²) in [6, 6.07) is 3.94. The predicted octanol–water partition coefficient (Wildman–Crippen LogP) is 4.84. The van der Waals surface area contributed by atoms with Gasteiger partial charge in [0.25, 0.3) is 0 Å². The van der Waals surface area contributed by atoms with Crippen LogP contribution in [0.5, 0.6) is 0 Å². The molecule has 0 radical (unpaired) electrons. The van der Waals surface area contributed by atoms with Crippen molar-refractivity contribution in [1.29, 1.82) is 0 Å². The van der Waals surface area contributed by atoms with Gasteiger partial charge >= 0.3 is 0 Å². The van der Waals surface area contributed by atoms with Crippen molar-refractivity contribution in [3.63, 3.8) is 0 Å². The van der Waals surface area contributed by atoms with Crippen molar-refractivity contribution in [2.24, 2.45) is 0 Å². The van der Waals surface area contributed by atoms with Gasteiger partial charge in [0.1, 0.15) is 0 Å². The van der Waals surface area contributed by atoms with E-state index in [0.29, 0.717) is 0 Å². The van der Waals surface area contributed by atoms with Crippen molar-refractivity contribution in [1.82, 2.24) is 9.88 Å². The number of pyridine rings is 1. The molecule has 1 aromatic heterocycles. The number of anilines is 1. The summed E-state index contributed by atoms with van der Waals surface area (Å²) in [6.07, 6.45) is 11.7. The zero-order valence-electron chi connectivity index (χ0n) is 15.5. The van der Waals surface area contributed by atoms with Crippen LogP contribution in [-0.4, -0.2) is 43.6 Å². The van der Waals surface area contributed by atoms with E-state index in [0.717, 1.165) is 0 Å². The second-order valence-electron chi connectivity index (χ2n) is 6.00. The number of rotatable bonds is 10. The van der Waals surface area contributed by atoms with Crippen LogP contribution in [0.2, 0.25) is 0 Å². The summed E-state index contributed by atoms with van der Waals surface area (Å²) >= 11 is 0. The molecule has 1 aromatic rings. The van der Waals surface area contributed by atoms with E-state index in [1.165, 1.54) is 63.8 Å². The van der Waals surface area contributed by atoms with Gasteiger partial charge < -0.3 is 9.80 Å². The van der Waals surface area contributed by atoms with Crippen molar-refractivity contribution < 1.29 is 0 Å². The first-order valence-corrected chi connectivity index (χ1v) is 8.95. The van der Waals surface area contributed by atoms with Gasteiger partial charge in [0.2, 0.25) is 0 Å². The van der Waals surface area contributed by atoms with Gasteiger partial charge in [-0.15, -0.1) is 0 Å². The largest absolute Gasteiger partial charge is 0.378 e. The lowest BCUT2D eigenvalue weighted by Gasteiger charge is -2.21. The molecule has 0 amide bonds. The van der Waals surface area contributed by atoms with Crippen LogP contribution in [0.15, 0.2) is 24.5 Å². The second kappa shape index (κ2) is 14.8. The molecule has 0 spiro atoms. The summed E-state index contributed by atoms with van der Waals surface area (Å²) < 4.78 is 0. The first kappa shape index (κ1) is 20.9. The van der Waals surface area contributed by atoms with Crippen LogP contribution in [0.3, 0.4) is 0 Å². The minimum Gasteiger partial charge on any atom is -0.378 e. The standard InChI is InChI=1S/C12H27N.C7H10N2/c1-4-7-10-13(11-8-5-2)12-9-6-3;1-9(2)7-3-5-8-6-4-7/h4-12H2,1-3H3;3-6H,1-2H3. The minimum atomic E-state index is 1.19. The highest BCUT2D eigenvalue weighted by molar-refractivity contribution is 5.42. The monoisotopic (exact) mass is 307 g/mol. The lowest BCUT2D eigenvalue weighted by Crippen LogP contribution is -2.27. The van der Waals surface area contributed by atoms with Crippen molar-refractivity contribution in [2.75, 3.05) is 38.6 Å². The second-order valence-corrected chi connectivity index (χ2v) is 6.00. The molecule has 3 heteroatoms. The number of hydrogen-bond donors (Lipinski definition) is 0. The lowest BCUT2D eigenvalue weighted by atomic mass is 10.2. The summed E-state index contributed by atoms with van der Waals surface area (Å²) in [4.78, 5) is 8.58. The smallest absolute Gasteiger partial charge is 0.0391 e. The van der Waals surface area contributed by atoms with Crippen LogP contribution in [0.25, 0.3) is 0 Å². The topological polar surface area (TPSA) is 19.4 Å². The van der Waals surface area contributed by atoms with Gasteiger partial charge in [-0.25, -0.2) is 0 Å². The molecule has 0 aliphatic heterocycles. The Labute approximate surface area is 138 Å². The Bertz CT molecular complexity index is 306. The van der Waals surface area contributed by atoms with Crippen LogP contribution >= 0.6 is 0 Å². The molecule has 1 heterocycles. The van der Waals surface area contributed by atoms with Crippen LogP contribution in [-0.2, 0) is 0 Å². The third-order valence-corrected chi connectivity index (χ3v) is 3.66. The molecule has 0 unspecified atom stereocenters. The molecule has 128 valence electrons. The number of unbranched alkanes of at least 4 members (excludes halogenated alkanes) is 3. The zero-order chi connectivity index (χ0) is 16.6. The maximum absolute atomic E-state index is 3.90. The van der Waals surface area contributed by atoms with E-state index in [4.69, 9.17) is 0 Å². The molecule has 22 heavy (non-hydrogen) atoms. The van der Waals surface area contributed by atoms with E-state index < -0.39 is 0 Å². The minimum absolute atomic E-state index is 1.19. The fourth-order valence-corrected chi connectivity index (χ4v) is 2.12. The van der Waals surface area contributed by atoms with Crippen molar-refractivity contribution >= 4 is 5.69 Å². The Morgan fingerprint density at radius 3 is 1.45 bits per heavy atom. The van der Waals surface area contributed by atoms with Crippen LogP contribution in [0.4, 0.5) is 5.69 Å². The fourth-order valence-electron chi connectivity index (χ4n) is 2.12. The quantitative estimate of drug-likeness (QED) is 0.617. The molecule has 0 bridgehead atoms. The highest BCUT2D eigenvalue weighted by atomic mass is 15.1. The Morgan fingerprint density at radius 2 is 1.18 bits per heavy atom. The van der Waals surface area contributed by atoms with Gasteiger partial charge in [-0.05, 0) is 51.0 Å². The maximum atomic E-state index is 3.90. The van der Waals surface area contributed by atoms with E-state index in [1.54, 1.807) is 12.4 Å². The Morgan fingerprint density at radius 1 is 0.773 bits per heavy atom. The molecular weight excluding hydrogens is 270 g/mol. The van der Waals surface area contributed by atoms with E-state index in [9.17, 15) is 0 Å². The van der Waals surface area contributed by atoms with Crippen LogP contribution in [0.1, 0.15) is 59.3 Å². The lowest BCUT2D eigenvalue weighted by molar-refractivity contribution is 0.261. The number of nitrogens with zero attached hydrogens (tertiary/aromatic N) is 3. The van der Waals surface area contributed by atoms with Crippen LogP contribution < -0.4 is 4.90 Å². The summed E-state index contributed by atoms with van der Waals surface area (Å²) in [5, 5.41) is 0. The van der Waals surface area contributed by atoms with E-state index in [2.05, 4.69) is 30.7 Å². The number of aromatic nitrogens is 1. The first-order valence-electron chi connectivity index (χ1n) is 8.95. The molecule has 0 aromatic carbocycles. The zero-order valence-corrected chi connectivity index (χ0v) is 15.5. The molecule has 0 atom stereocenters. The Hall–Kier alpha value is -1.09. The molecular formula is C19H37N3. The van der Waals surface area contributed by atoms with Crippen molar-refractivity contribution in [3.05, 3.63) is 24.5 Å². The summed E-state index contributed by atoms with van der Waals surface area (Å²) in [5.41, 5.74) is 1.19. The molecule has 3 nitrogen and oxygen atoms in total. The molecule has 0 aliphatic carbocycles. The van der Waals surface area contributed by atoms with Gasteiger partial charge in [0.15, 0.2) is 0 Å². The van der Waals surface area contributed by atoms with Crippen molar-refractivity contribution in [3.8, 4) is 0 Å². The average molecular weight is 308 g/mol. The molecule has 0 saturated heterocycles. The SMILES string of the molecule is CCCCN(CCCC)CCCC.CN(C)c1ccncc1. The highest BCUT2D eigenvalue weighted by Crippen LogP contribution is 2.05. The molecule has 0 N–H and O–H groups in total. The van der Waals surface area contributed by atoms with E-state index >= 15 is 0 Å². The average Bonchev–Trinajstić information content (AvgIpc) is 2.55. The third kappa shape index (κ3) is 11.6. The molecule has 1 rings (SSSR count). The van der Waals surface area contributed by atoms with E-state index in [-0.39, 0.29) is 0 Å². The molecule has 0 saturated carbocycles. The Balaban J connectivity index is 0.000000425. The fraction of sp³-hybridized carbons (Fsp3) is 0.737. The van der Waals surface area contributed by atoms with Gasteiger partial charge in [-0.1, -0.05) is 40.0 Å². The van der Waals surface area contributed by atoms with Crippen molar-refractivity contribution in [2.45, 2.75) is 59.3 Å². The first-order chi connectivity index (χ1) is 10.7. The molecule has 0 aliphatic rings. The predicted molar refractivity (Wildman–Crippen MR) is 99.7 cm³/mol. The van der Waals surface area contributed by atoms with Gasteiger partial charge in [0.05, 0.1) is 0 Å². The maximum Gasteiger partial charge on any atom is 0.0391 e. The van der Waals surface area contributed by atoms with Gasteiger partial charge in [0, 0.05) is 32.2 Å². The van der Waals surface area contributed by atoms with E-state index in [1.807, 2.05) is 31.1 Å². The number of hydrogen-bond acceptors (Lipinski definition) is 3.